The number of benzene rings is 1. The minimum atomic E-state index is 0.582. The third-order valence-electron chi connectivity index (χ3n) is 3.34. The number of rotatable bonds is 4. The van der Waals surface area contributed by atoms with Gasteiger partial charge in [0.25, 0.3) is 0 Å². The summed E-state index contributed by atoms with van der Waals surface area (Å²) >= 11 is 1.62. The van der Waals surface area contributed by atoms with E-state index in [-0.39, 0.29) is 0 Å². The van der Waals surface area contributed by atoms with Gasteiger partial charge in [0, 0.05) is 17.6 Å². The number of methoxy groups -OCH3 is 1. The van der Waals surface area contributed by atoms with E-state index in [1.807, 2.05) is 24.6 Å². The highest BCUT2D eigenvalue weighted by Gasteiger charge is 2.10. The summed E-state index contributed by atoms with van der Waals surface area (Å²) in [5, 5.41) is 14.3. The van der Waals surface area contributed by atoms with Crippen LogP contribution in [0.25, 0.3) is 4.96 Å². The van der Waals surface area contributed by atoms with E-state index in [9.17, 15) is 0 Å². The number of ether oxygens (including phenoxy) is 1. The summed E-state index contributed by atoms with van der Waals surface area (Å²) in [6, 6.07) is 7.47. The van der Waals surface area contributed by atoms with E-state index in [4.69, 9.17) is 10.00 Å². The van der Waals surface area contributed by atoms with Crippen LogP contribution in [0.4, 0.5) is 5.69 Å². The van der Waals surface area contributed by atoms with Crippen molar-refractivity contribution in [3.05, 3.63) is 46.7 Å². The number of anilines is 1. The molecule has 2 aromatic heterocycles. The monoisotopic (exact) mass is 298 g/mol. The van der Waals surface area contributed by atoms with Gasteiger partial charge in [-0.25, -0.2) is 4.98 Å². The van der Waals surface area contributed by atoms with Crippen molar-refractivity contribution in [1.29, 1.82) is 5.26 Å². The van der Waals surface area contributed by atoms with Gasteiger partial charge in [0.2, 0.25) is 0 Å². The van der Waals surface area contributed by atoms with Crippen molar-refractivity contribution >= 4 is 22.0 Å². The Morgan fingerprint density at radius 2 is 2.33 bits per heavy atom. The van der Waals surface area contributed by atoms with Crippen LogP contribution in [0.5, 0.6) is 5.75 Å². The fourth-order valence-electron chi connectivity index (χ4n) is 2.24. The third kappa shape index (κ3) is 2.43. The summed E-state index contributed by atoms with van der Waals surface area (Å²) in [7, 11) is 1.60. The van der Waals surface area contributed by atoms with E-state index in [1.54, 1.807) is 30.6 Å². The van der Waals surface area contributed by atoms with Crippen LogP contribution in [0, 0.1) is 18.3 Å². The number of nitriles is 1. The van der Waals surface area contributed by atoms with Crippen LogP contribution < -0.4 is 10.1 Å². The number of nitrogens with one attached hydrogen (secondary N) is 1. The Morgan fingerprint density at radius 1 is 1.48 bits per heavy atom. The van der Waals surface area contributed by atoms with Gasteiger partial charge in [0.05, 0.1) is 42.4 Å². The predicted octanol–water partition coefficient (Wildman–Crippen LogP) is 3.20. The first kappa shape index (κ1) is 13.5. The van der Waals surface area contributed by atoms with Gasteiger partial charge in [-0.15, -0.1) is 11.3 Å². The second kappa shape index (κ2) is 5.46. The van der Waals surface area contributed by atoms with E-state index in [0.717, 1.165) is 22.0 Å². The SMILES string of the molecule is COc1cc(C#N)ccc1NCc1c(C)nc2sccn12. The molecule has 0 bridgehead atoms. The predicted molar refractivity (Wildman–Crippen MR) is 82.8 cm³/mol. The lowest BCUT2D eigenvalue weighted by molar-refractivity contribution is 0.416. The Hall–Kier alpha value is -2.52. The maximum atomic E-state index is 8.92. The third-order valence-corrected chi connectivity index (χ3v) is 4.09. The smallest absolute Gasteiger partial charge is 0.194 e. The number of nitrogens with zero attached hydrogens (tertiary/aromatic N) is 3. The first-order valence-corrected chi connectivity index (χ1v) is 7.34. The van der Waals surface area contributed by atoms with Crippen LogP contribution >= 0.6 is 11.3 Å². The quantitative estimate of drug-likeness (QED) is 0.803. The van der Waals surface area contributed by atoms with Crippen molar-refractivity contribution in [3.63, 3.8) is 0 Å². The Kier molecular flexibility index (Phi) is 3.50. The molecule has 5 nitrogen and oxygen atoms in total. The fraction of sp³-hybridized carbons (Fsp3) is 0.200. The molecule has 1 aromatic carbocycles. The van der Waals surface area contributed by atoms with Crippen molar-refractivity contribution in [2.24, 2.45) is 0 Å². The molecule has 0 aliphatic heterocycles. The number of hydrogen-bond donors (Lipinski definition) is 1. The molecule has 3 rings (SSSR count). The van der Waals surface area contributed by atoms with E-state index < -0.39 is 0 Å². The lowest BCUT2D eigenvalue weighted by Crippen LogP contribution is -2.05. The number of thiazole rings is 1. The molecule has 0 unspecified atom stereocenters. The van der Waals surface area contributed by atoms with E-state index >= 15 is 0 Å². The van der Waals surface area contributed by atoms with E-state index in [2.05, 4.69) is 20.8 Å². The average Bonchev–Trinajstić information content (AvgIpc) is 3.06. The van der Waals surface area contributed by atoms with Crippen LogP contribution in [0.2, 0.25) is 0 Å². The largest absolute Gasteiger partial charge is 0.495 e. The van der Waals surface area contributed by atoms with Crippen LogP contribution in [-0.4, -0.2) is 16.5 Å². The van der Waals surface area contributed by atoms with Gasteiger partial charge in [-0.2, -0.15) is 5.26 Å². The van der Waals surface area contributed by atoms with Gasteiger partial charge in [-0.3, -0.25) is 4.40 Å². The molecule has 0 atom stereocenters. The summed E-state index contributed by atoms with van der Waals surface area (Å²) in [5.74, 6) is 0.665. The van der Waals surface area contributed by atoms with Gasteiger partial charge >= 0.3 is 0 Å². The summed E-state index contributed by atoms with van der Waals surface area (Å²) < 4.78 is 7.41. The normalized spacial score (nSPS) is 10.5. The van der Waals surface area contributed by atoms with Crippen molar-refractivity contribution < 1.29 is 4.74 Å². The molecule has 0 aliphatic carbocycles. The van der Waals surface area contributed by atoms with Crippen LogP contribution in [0.15, 0.2) is 29.8 Å². The Balaban J connectivity index is 1.86. The zero-order valence-corrected chi connectivity index (χ0v) is 12.6. The molecule has 21 heavy (non-hydrogen) atoms. The number of fused-ring (bicyclic) bond motifs is 1. The van der Waals surface area contributed by atoms with Crippen molar-refractivity contribution in [3.8, 4) is 11.8 Å². The van der Waals surface area contributed by atoms with Crippen molar-refractivity contribution in [2.45, 2.75) is 13.5 Å². The summed E-state index contributed by atoms with van der Waals surface area (Å²) in [6.07, 6.45) is 2.02. The molecule has 3 aromatic rings. The molecule has 0 spiro atoms. The van der Waals surface area contributed by atoms with E-state index in [0.29, 0.717) is 17.9 Å². The minimum absolute atomic E-state index is 0.582. The number of hydrogen-bond acceptors (Lipinski definition) is 5. The molecule has 0 saturated carbocycles. The molecule has 106 valence electrons. The second-order valence-corrected chi connectivity index (χ2v) is 5.45. The summed E-state index contributed by atoms with van der Waals surface area (Å²) in [5.41, 5.74) is 3.58. The van der Waals surface area contributed by atoms with Gasteiger partial charge in [-0.05, 0) is 19.1 Å². The Morgan fingerprint density at radius 3 is 3.10 bits per heavy atom. The molecular formula is C15H14N4OS. The molecule has 6 heteroatoms. The number of imidazole rings is 1. The first-order chi connectivity index (χ1) is 10.2. The summed E-state index contributed by atoms with van der Waals surface area (Å²) in [4.78, 5) is 5.52. The average molecular weight is 298 g/mol. The molecule has 0 fully saturated rings. The molecule has 0 amide bonds. The zero-order chi connectivity index (χ0) is 14.8. The molecular weight excluding hydrogens is 284 g/mol. The van der Waals surface area contributed by atoms with Crippen LogP contribution in [0.3, 0.4) is 0 Å². The topological polar surface area (TPSA) is 62.3 Å². The standard InChI is InChI=1S/C15H14N4OS/c1-10-13(19-5-6-21-15(19)18-10)9-17-12-4-3-11(8-16)7-14(12)20-2/h3-7,17H,9H2,1-2H3. The van der Waals surface area contributed by atoms with Gasteiger partial charge in [0.1, 0.15) is 5.75 Å². The molecule has 0 radical (unpaired) electrons. The van der Waals surface area contributed by atoms with Gasteiger partial charge < -0.3 is 10.1 Å². The van der Waals surface area contributed by atoms with Gasteiger partial charge in [0.15, 0.2) is 4.96 Å². The number of aryl methyl sites for hydroxylation is 1. The zero-order valence-electron chi connectivity index (χ0n) is 11.8. The Bertz CT molecular complexity index is 828. The lowest BCUT2D eigenvalue weighted by Gasteiger charge is -2.11. The van der Waals surface area contributed by atoms with Crippen LogP contribution in [0.1, 0.15) is 17.0 Å². The highest BCUT2D eigenvalue weighted by Crippen LogP contribution is 2.26. The van der Waals surface area contributed by atoms with E-state index in [1.165, 1.54) is 0 Å². The molecule has 2 heterocycles. The highest BCUT2D eigenvalue weighted by atomic mass is 32.1. The van der Waals surface area contributed by atoms with Crippen LogP contribution in [-0.2, 0) is 6.54 Å². The van der Waals surface area contributed by atoms with Crippen molar-refractivity contribution in [2.75, 3.05) is 12.4 Å². The summed E-state index contributed by atoms with van der Waals surface area (Å²) in [6.45, 7) is 2.65. The minimum Gasteiger partial charge on any atom is -0.495 e. The molecule has 1 N–H and O–H groups in total. The lowest BCUT2D eigenvalue weighted by atomic mass is 10.2. The maximum absolute atomic E-state index is 8.92. The molecule has 0 aliphatic rings. The fourth-order valence-corrected chi connectivity index (χ4v) is 3.02. The molecule has 0 saturated heterocycles. The second-order valence-electron chi connectivity index (χ2n) is 4.58. The van der Waals surface area contributed by atoms with Crippen molar-refractivity contribution in [1.82, 2.24) is 9.38 Å². The Labute approximate surface area is 126 Å². The first-order valence-electron chi connectivity index (χ1n) is 6.46. The highest BCUT2D eigenvalue weighted by molar-refractivity contribution is 7.15. The number of aromatic nitrogens is 2. The maximum Gasteiger partial charge on any atom is 0.194 e. The van der Waals surface area contributed by atoms with Gasteiger partial charge in [-0.1, -0.05) is 0 Å².